The second-order valence-corrected chi connectivity index (χ2v) is 3.86. The van der Waals surface area contributed by atoms with Gasteiger partial charge in [0.05, 0.1) is 0 Å². The summed E-state index contributed by atoms with van der Waals surface area (Å²) in [6.07, 6.45) is -9.30. The first-order valence-electron chi connectivity index (χ1n) is 5.26. The van der Waals surface area contributed by atoms with Gasteiger partial charge < -0.3 is 14.2 Å². The van der Waals surface area contributed by atoms with Crippen LogP contribution < -0.4 is 0 Å². The van der Waals surface area contributed by atoms with Crippen molar-refractivity contribution in [2.75, 3.05) is 0 Å². The standard InChI is InChI=1S/C10H13F3O5/c1-5(14)16-8-4-3-7(18-8)9(10(11,12)13)17-6(2)15/h7-9H,3-4H2,1-2H3/t7?,8-,9?/m1/s1. The molecule has 0 amide bonds. The van der Waals surface area contributed by atoms with Gasteiger partial charge in [0.2, 0.25) is 12.4 Å². The molecule has 2 unspecified atom stereocenters. The molecule has 0 spiro atoms. The predicted octanol–water partition coefficient (Wildman–Crippen LogP) is 1.55. The van der Waals surface area contributed by atoms with E-state index in [4.69, 9.17) is 4.74 Å². The first kappa shape index (κ1) is 14.7. The van der Waals surface area contributed by atoms with Crippen LogP contribution in [0.5, 0.6) is 0 Å². The zero-order valence-corrected chi connectivity index (χ0v) is 9.82. The van der Waals surface area contributed by atoms with Gasteiger partial charge in [-0.25, -0.2) is 0 Å². The zero-order valence-electron chi connectivity index (χ0n) is 9.82. The maximum Gasteiger partial charge on any atom is 0.428 e. The largest absolute Gasteiger partial charge is 0.450 e. The molecule has 1 rings (SSSR count). The molecule has 0 aliphatic carbocycles. The summed E-state index contributed by atoms with van der Waals surface area (Å²) in [6.45, 7) is 2.02. The van der Waals surface area contributed by atoms with Gasteiger partial charge in [-0.3, -0.25) is 9.59 Å². The number of rotatable bonds is 3. The molecule has 0 aromatic heterocycles. The first-order valence-corrected chi connectivity index (χ1v) is 5.26. The minimum atomic E-state index is -4.72. The quantitative estimate of drug-likeness (QED) is 0.728. The summed E-state index contributed by atoms with van der Waals surface area (Å²) in [6, 6.07) is 0. The molecule has 0 radical (unpaired) electrons. The molecule has 3 atom stereocenters. The third kappa shape index (κ3) is 4.17. The minimum Gasteiger partial charge on any atom is -0.450 e. The highest BCUT2D eigenvalue weighted by Crippen LogP contribution is 2.33. The second kappa shape index (κ2) is 5.55. The Morgan fingerprint density at radius 2 is 1.83 bits per heavy atom. The lowest BCUT2D eigenvalue weighted by molar-refractivity contribution is -0.255. The number of hydrogen-bond donors (Lipinski definition) is 0. The van der Waals surface area contributed by atoms with E-state index in [1.165, 1.54) is 0 Å². The Kier molecular flexibility index (Phi) is 4.55. The van der Waals surface area contributed by atoms with E-state index < -0.39 is 36.6 Å². The van der Waals surface area contributed by atoms with E-state index in [1.807, 2.05) is 0 Å². The third-order valence-corrected chi connectivity index (χ3v) is 2.26. The normalized spacial score (nSPS) is 25.6. The summed E-state index contributed by atoms with van der Waals surface area (Å²) >= 11 is 0. The highest BCUT2D eigenvalue weighted by atomic mass is 19.4. The molecule has 0 N–H and O–H groups in total. The lowest BCUT2D eigenvalue weighted by Gasteiger charge is -2.25. The van der Waals surface area contributed by atoms with Crippen LogP contribution in [0.4, 0.5) is 13.2 Å². The Hall–Kier alpha value is -1.31. The van der Waals surface area contributed by atoms with Crippen molar-refractivity contribution in [3.63, 3.8) is 0 Å². The Balaban J connectivity index is 2.65. The van der Waals surface area contributed by atoms with Crippen molar-refractivity contribution >= 4 is 11.9 Å². The van der Waals surface area contributed by atoms with E-state index >= 15 is 0 Å². The summed E-state index contributed by atoms with van der Waals surface area (Å²) in [4.78, 5) is 21.3. The van der Waals surface area contributed by atoms with Crippen molar-refractivity contribution in [1.29, 1.82) is 0 Å². The Morgan fingerprint density at radius 3 is 2.28 bits per heavy atom. The van der Waals surface area contributed by atoms with Crippen LogP contribution in [-0.4, -0.2) is 36.6 Å². The molecule has 0 bridgehead atoms. The van der Waals surface area contributed by atoms with Gasteiger partial charge in [0.1, 0.15) is 6.10 Å². The second-order valence-electron chi connectivity index (χ2n) is 3.86. The van der Waals surface area contributed by atoms with Crippen LogP contribution in [-0.2, 0) is 23.8 Å². The van der Waals surface area contributed by atoms with Gasteiger partial charge in [0.15, 0.2) is 0 Å². The molecule has 1 aliphatic heterocycles. The molecule has 0 aromatic carbocycles. The molecular formula is C10H13F3O5. The van der Waals surface area contributed by atoms with Crippen LogP contribution in [0.2, 0.25) is 0 Å². The fourth-order valence-electron chi connectivity index (χ4n) is 1.66. The lowest BCUT2D eigenvalue weighted by atomic mass is 10.1. The fraction of sp³-hybridized carbons (Fsp3) is 0.800. The highest BCUT2D eigenvalue weighted by Gasteiger charge is 2.51. The number of carbonyl (C=O) groups is 2. The van der Waals surface area contributed by atoms with E-state index in [-0.39, 0.29) is 12.8 Å². The summed E-state index contributed by atoms with van der Waals surface area (Å²) in [5, 5.41) is 0. The van der Waals surface area contributed by atoms with Crippen molar-refractivity contribution in [3.05, 3.63) is 0 Å². The maximum absolute atomic E-state index is 12.7. The van der Waals surface area contributed by atoms with Crippen LogP contribution >= 0.6 is 0 Å². The van der Waals surface area contributed by atoms with E-state index in [0.717, 1.165) is 13.8 Å². The van der Waals surface area contributed by atoms with Crippen LogP contribution in [0.25, 0.3) is 0 Å². The number of esters is 2. The molecule has 8 heteroatoms. The molecule has 0 aromatic rings. The van der Waals surface area contributed by atoms with Crippen LogP contribution in [0.1, 0.15) is 26.7 Å². The molecule has 5 nitrogen and oxygen atoms in total. The van der Waals surface area contributed by atoms with Gasteiger partial charge in [0.25, 0.3) is 0 Å². The number of halogens is 3. The van der Waals surface area contributed by atoms with Crippen molar-refractivity contribution in [2.24, 2.45) is 0 Å². The van der Waals surface area contributed by atoms with Crippen molar-refractivity contribution in [1.82, 2.24) is 0 Å². The van der Waals surface area contributed by atoms with E-state index in [9.17, 15) is 22.8 Å². The average molecular weight is 270 g/mol. The first-order chi connectivity index (χ1) is 8.20. The van der Waals surface area contributed by atoms with Crippen LogP contribution in [0.3, 0.4) is 0 Å². The van der Waals surface area contributed by atoms with Crippen LogP contribution in [0, 0.1) is 0 Å². The summed E-state index contributed by atoms with van der Waals surface area (Å²) in [7, 11) is 0. The van der Waals surface area contributed by atoms with E-state index in [1.54, 1.807) is 0 Å². The Morgan fingerprint density at radius 1 is 1.22 bits per heavy atom. The summed E-state index contributed by atoms with van der Waals surface area (Å²) in [5.74, 6) is -1.69. The van der Waals surface area contributed by atoms with Crippen molar-refractivity contribution in [2.45, 2.75) is 51.4 Å². The van der Waals surface area contributed by atoms with Gasteiger partial charge in [-0.05, 0) is 6.42 Å². The minimum absolute atomic E-state index is 0.00456. The van der Waals surface area contributed by atoms with Gasteiger partial charge in [0, 0.05) is 20.3 Å². The lowest BCUT2D eigenvalue weighted by Crippen LogP contribution is -2.43. The topological polar surface area (TPSA) is 61.8 Å². The van der Waals surface area contributed by atoms with Gasteiger partial charge in [-0.2, -0.15) is 13.2 Å². The Bertz CT molecular complexity index is 328. The number of alkyl halides is 3. The third-order valence-electron chi connectivity index (χ3n) is 2.26. The molecule has 1 saturated heterocycles. The monoisotopic (exact) mass is 270 g/mol. The fourth-order valence-corrected chi connectivity index (χ4v) is 1.66. The highest BCUT2D eigenvalue weighted by molar-refractivity contribution is 5.66. The molecule has 104 valence electrons. The van der Waals surface area contributed by atoms with Gasteiger partial charge in [-0.1, -0.05) is 0 Å². The Labute approximate surface area is 101 Å². The summed E-state index contributed by atoms with van der Waals surface area (Å²) < 4.78 is 51.8. The number of hydrogen-bond acceptors (Lipinski definition) is 5. The summed E-state index contributed by atoms with van der Waals surface area (Å²) in [5.41, 5.74) is 0. The number of ether oxygens (including phenoxy) is 3. The molecule has 1 aliphatic rings. The molecule has 1 fully saturated rings. The van der Waals surface area contributed by atoms with E-state index in [2.05, 4.69) is 9.47 Å². The molecule has 1 heterocycles. The van der Waals surface area contributed by atoms with Gasteiger partial charge in [-0.15, -0.1) is 0 Å². The van der Waals surface area contributed by atoms with E-state index in [0.29, 0.717) is 0 Å². The van der Waals surface area contributed by atoms with Crippen molar-refractivity contribution in [3.8, 4) is 0 Å². The van der Waals surface area contributed by atoms with Crippen LogP contribution in [0.15, 0.2) is 0 Å². The molecular weight excluding hydrogens is 257 g/mol. The maximum atomic E-state index is 12.7. The van der Waals surface area contributed by atoms with Crippen molar-refractivity contribution < 1.29 is 37.0 Å². The number of carbonyl (C=O) groups excluding carboxylic acids is 2. The predicted molar refractivity (Wildman–Crippen MR) is 51.3 cm³/mol. The molecule has 0 saturated carbocycles. The van der Waals surface area contributed by atoms with Gasteiger partial charge >= 0.3 is 18.1 Å². The zero-order chi connectivity index (χ0) is 13.9. The SMILES string of the molecule is CC(=O)OC(C1CC[C@H](OC(C)=O)O1)C(F)(F)F. The average Bonchev–Trinajstić information content (AvgIpc) is 2.59. The smallest absolute Gasteiger partial charge is 0.428 e. The molecule has 18 heavy (non-hydrogen) atoms.